The molecule has 12 heteroatoms. The van der Waals surface area contributed by atoms with Crippen molar-refractivity contribution in [2.24, 2.45) is 41.4 Å². The van der Waals surface area contributed by atoms with Crippen LogP contribution in [0.4, 0.5) is 4.79 Å². The molecule has 6 aliphatic carbocycles. The number of amides is 1. The van der Waals surface area contributed by atoms with Crippen molar-refractivity contribution in [3.8, 4) is 0 Å². The predicted octanol–water partition coefficient (Wildman–Crippen LogP) is 10.00. The van der Waals surface area contributed by atoms with Crippen LogP contribution in [-0.2, 0) is 42.8 Å². The summed E-state index contributed by atoms with van der Waals surface area (Å²) in [5.41, 5.74) is 0. The van der Waals surface area contributed by atoms with Crippen molar-refractivity contribution in [1.82, 2.24) is 9.96 Å². The third-order valence-electron chi connectivity index (χ3n) is 17.4. The molecule has 6 saturated carbocycles. The highest BCUT2D eigenvalue weighted by atomic mass is 16.7. The molecule has 12 nitrogen and oxygen atoms in total. The van der Waals surface area contributed by atoms with Crippen molar-refractivity contribution >= 4 is 12.1 Å². The van der Waals surface area contributed by atoms with Crippen molar-refractivity contribution < 1.29 is 47.6 Å². The lowest BCUT2D eigenvalue weighted by Crippen LogP contribution is -2.39. The van der Waals surface area contributed by atoms with Crippen LogP contribution in [0, 0.1) is 41.4 Å². The summed E-state index contributed by atoms with van der Waals surface area (Å²) >= 11 is 0. The summed E-state index contributed by atoms with van der Waals surface area (Å²) in [4.78, 5) is 33.7. The third kappa shape index (κ3) is 12.7. The maximum Gasteiger partial charge on any atom is 0.415 e. The van der Waals surface area contributed by atoms with Gasteiger partial charge in [-0.1, -0.05) is 6.58 Å². The molecule has 0 bridgehead atoms. The molecule has 354 valence electrons. The second kappa shape index (κ2) is 22.4. The first-order chi connectivity index (χ1) is 30.9. The molecule has 1 amide bonds. The number of carbonyl (C=O) groups is 2. The minimum Gasteiger partial charge on any atom is -0.494 e. The van der Waals surface area contributed by atoms with E-state index in [0.29, 0.717) is 56.6 Å². The average molecular weight is 881 g/mol. The van der Waals surface area contributed by atoms with Gasteiger partial charge in [-0.2, -0.15) is 0 Å². The van der Waals surface area contributed by atoms with Crippen LogP contribution in [0.2, 0.25) is 0 Å². The molecule has 3 saturated heterocycles. The average Bonchev–Trinajstić information content (AvgIpc) is 3.98. The molecule has 0 spiro atoms. The molecule has 9 fully saturated rings. The molecule has 0 radical (unpaired) electrons. The molecule has 9 aliphatic rings. The Labute approximate surface area is 377 Å². The second-order valence-electron chi connectivity index (χ2n) is 21.4. The molecule has 0 aromatic rings. The van der Waals surface area contributed by atoms with Crippen molar-refractivity contribution in [3.05, 3.63) is 24.9 Å². The zero-order valence-electron chi connectivity index (χ0n) is 38.3. The Morgan fingerprint density at radius 2 is 1.11 bits per heavy atom. The molecule has 3 aliphatic heterocycles. The van der Waals surface area contributed by atoms with Gasteiger partial charge in [0.1, 0.15) is 12.4 Å². The maximum atomic E-state index is 13.0. The van der Waals surface area contributed by atoms with Crippen molar-refractivity contribution in [2.45, 2.75) is 203 Å². The van der Waals surface area contributed by atoms with Crippen LogP contribution in [0.1, 0.15) is 161 Å². The van der Waals surface area contributed by atoms with Crippen LogP contribution in [0.5, 0.6) is 0 Å². The fourth-order valence-electron chi connectivity index (χ4n) is 13.4. The van der Waals surface area contributed by atoms with Gasteiger partial charge in [0.05, 0.1) is 69.5 Å². The van der Waals surface area contributed by atoms with Gasteiger partial charge < -0.3 is 38.0 Å². The van der Waals surface area contributed by atoms with E-state index in [0.717, 1.165) is 113 Å². The number of epoxide rings is 1. The predicted molar refractivity (Wildman–Crippen MR) is 237 cm³/mol. The quantitative estimate of drug-likeness (QED) is 0.0567. The Balaban J connectivity index is 0.608. The topological polar surface area (TPSA) is 118 Å². The summed E-state index contributed by atoms with van der Waals surface area (Å²) in [6, 6.07) is 0.576. The molecule has 2 atom stereocenters. The number of nitrogens with zero attached hydrogens (tertiary/aromatic N) is 2. The van der Waals surface area contributed by atoms with Crippen LogP contribution in [-0.4, -0.2) is 104 Å². The number of hydrogen-bond donors (Lipinski definition) is 0. The molecule has 0 aromatic heterocycles. The highest BCUT2D eigenvalue weighted by molar-refractivity contribution is 5.74. The van der Waals surface area contributed by atoms with Crippen molar-refractivity contribution in [1.29, 1.82) is 0 Å². The van der Waals surface area contributed by atoms with E-state index < -0.39 is 0 Å². The Kier molecular flexibility index (Phi) is 16.3. The normalized spacial score (nSPS) is 41.0. The van der Waals surface area contributed by atoms with Gasteiger partial charge in [-0.25, -0.2) is 9.59 Å². The fourth-order valence-corrected chi connectivity index (χ4v) is 13.4. The first-order valence-corrected chi connectivity index (χ1v) is 25.9. The molecule has 63 heavy (non-hydrogen) atoms. The Hall–Kier alpha value is -2.38. The smallest absolute Gasteiger partial charge is 0.415 e. The summed E-state index contributed by atoms with van der Waals surface area (Å²) in [5.74, 6) is 5.05. The van der Waals surface area contributed by atoms with Crippen molar-refractivity contribution in [2.75, 3.05) is 39.7 Å². The number of hydrogen-bond acceptors (Lipinski definition) is 11. The summed E-state index contributed by atoms with van der Waals surface area (Å²) in [7, 11) is 0. The standard InChI is InChI=1S/C51H80N2O10/c1-2-56-34-61-47-25-13-40(14-26-47)37-7-19-44(20-8-37)57-30-41-28-53(63-50(41)54)43-17-5-36(6-18-43)27-35-3-15-42(16-4-35)52-29-48(62-51(52)55)31-58-45-21-9-38(10-22-45)39-11-23-46(24-12-39)59-32-49-33-60-49/h2,31,35-47,49H,1,3-30,32-34H2/b48-31-. The summed E-state index contributed by atoms with van der Waals surface area (Å²) in [5, 5.41) is 2.00. The minimum absolute atomic E-state index is 0.107. The number of ether oxygens (including phenoxy) is 7. The summed E-state index contributed by atoms with van der Waals surface area (Å²) < 4.78 is 40.7. The number of carbonyl (C=O) groups excluding carboxylic acids is 2. The van der Waals surface area contributed by atoms with Gasteiger partial charge in [0.25, 0.3) is 0 Å². The molecule has 9 rings (SSSR count). The van der Waals surface area contributed by atoms with E-state index in [2.05, 4.69) is 6.58 Å². The third-order valence-corrected chi connectivity index (χ3v) is 17.4. The number of rotatable bonds is 18. The first kappa shape index (κ1) is 45.8. The van der Waals surface area contributed by atoms with E-state index in [-0.39, 0.29) is 36.2 Å². The number of hydroxylamine groups is 2. The second-order valence-corrected chi connectivity index (χ2v) is 21.4. The van der Waals surface area contributed by atoms with Crippen LogP contribution >= 0.6 is 0 Å². The Morgan fingerprint density at radius 1 is 0.603 bits per heavy atom. The molecular formula is C51H80N2O10. The minimum atomic E-state index is -0.203. The van der Waals surface area contributed by atoms with Crippen LogP contribution in [0.25, 0.3) is 0 Å². The van der Waals surface area contributed by atoms with E-state index in [4.69, 9.17) is 38.0 Å². The largest absolute Gasteiger partial charge is 0.494 e. The van der Waals surface area contributed by atoms with Crippen molar-refractivity contribution in [3.63, 3.8) is 0 Å². The lowest BCUT2D eigenvalue weighted by atomic mass is 9.72. The highest BCUT2D eigenvalue weighted by Gasteiger charge is 2.41. The first-order valence-electron chi connectivity index (χ1n) is 25.9. The lowest BCUT2D eigenvalue weighted by Gasteiger charge is -2.37. The lowest BCUT2D eigenvalue weighted by molar-refractivity contribution is -0.183. The van der Waals surface area contributed by atoms with Gasteiger partial charge in [-0.05, 0) is 196 Å². The summed E-state index contributed by atoms with van der Waals surface area (Å²) in [6.07, 6.45) is 33.9. The highest BCUT2D eigenvalue weighted by Crippen LogP contribution is 2.43. The van der Waals surface area contributed by atoms with E-state index >= 15 is 0 Å². The summed E-state index contributed by atoms with van der Waals surface area (Å²) in [6.45, 7) is 7.22. The zero-order valence-corrected chi connectivity index (χ0v) is 38.3. The van der Waals surface area contributed by atoms with Gasteiger partial charge in [-0.15, -0.1) is 5.06 Å². The molecule has 0 aromatic carbocycles. The molecular weight excluding hydrogens is 801 g/mol. The van der Waals surface area contributed by atoms with E-state index in [9.17, 15) is 9.59 Å². The van der Waals surface area contributed by atoms with E-state index in [1.165, 1.54) is 103 Å². The fraction of sp³-hybridized carbons (Fsp3) is 0.882. The zero-order chi connectivity index (χ0) is 43.0. The number of cyclic esters (lactones) is 1. The molecule has 2 unspecified atom stereocenters. The molecule has 0 N–H and O–H groups in total. The van der Waals surface area contributed by atoms with Gasteiger partial charge in [0.2, 0.25) is 0 Å². The maximum absolute atomic E-state index is 13.0. The van der Waals surface area contributed by atoms with Gasteiger partial charge in [-0.3, -0.25) is 4.90 Å². The Bertz CT molecular complexity index is 1480. The van der Waals surface area contributed by atoms with Gasteiger partial charge in [0.15, 0.2) is 12.6 Å². The van der Waals surface area contributed by atoms with Gasteiger partial charge in [0, 0.05) is 12.1 Å². The SMILES string of the molecule is C=COCOC1CCC(C2CCC(OCC3CN(C4CCC(CC5CCC(N6C/C(=C/OC7CCC(C8CCC(OCC9CO9)CC8)CC7)OC6=O)CC5)CC4)OC3=O)CC2)CC1. The van der Waals surface area contributed by atoms with Crippen LogP contribution in [0.15, 0.2) is 24.9 Å². The van der Waals surface area contributed by atoms with Crippen LogP contribution in [0.3, 0.4) is 0 Å². The van der Waals surface area contributed by atoms with Crippen LogP contribution < -0.4 is 0 Å². The molecule has 3 heterocycles. The van der Waals surface area contributed by atoms with Gasteiger partial charge >= 0.3 is 12.1 Å². The monoisotopic (exact) mass is 881 g/mol. The Morgan fingerprint density at radius 3 is 1.65 bits per heavy atom. The van der Waals surface area contributed by atoms with E-state index in [1.807, 2.05) is 9.96 Å². The van der Waals surface area contributed by atoms with E-state index in [1.54, 1.807) is 6.26 Å².